The highest BCUT2D eigenvalue weighted by molar-refractivity contribution is 5.95. The summed E-state index contributed by atoms with van der Waals surface area (Å²) in [6.07, 6.45) is 9.51. The minimum atomic E-state index is -0.339. The fraction of sp³-hybridized carbons (Fsp3) is 0.500. The fourth-order valence-corrected chi connectivity index (χ4v) is 5.68. The van der Waals surface area contributed by atoms with Gasteiger partial charge in [-0.15, -0.1) is 0 Å². The number of ether oxygens (including phenoxy) is 2. The molecule has 1 amide bonds. The van der Waals surface area contributed by atoms with Crippen molar-refractivity contribution in [1.82, 2.24) is 4.90 Å². The molecule has 0 spiro atoms. The second kappa shape index (κ2) is 12.7. The largest absolute Gasteiger partial charge is 0.491 e. The van der Waals surface area contributed by atoms with Gasteiger partial charge in [-0.25, -0.2) is 0 Å². The number of benzene rings is 2. The Balaban J connectivity index is 1.35. The molecule has 1 saturated heterocycles. The maximum atomic E-state index is 13.2. The van der Waals surface area contributed by atoms with Crippen LogP contribution in [0, 0.1) is 17.2 Å². The molecule has 2 aromatic rings. The van der Waals surface area contributed by atoms with Crippen LogP contribution in [0.25, 0.3) is 11.1 Å². The van der Waals surface area contributed by atoms with Gasteiger partial charge >= 0.3 is 5.97 Å². The zero-order chi connectivity index (χ0) is 26.2. The number of carbonyl (C=O) groups excluding carboxylic acids is 2. The Kier molecular flexibility index (Phi) is 9.20. The summed E-state index contributed by atoms with van der Waals surface area (Å²) < 4.78 is 11.0. The number of likely N-dealkylation sites (tertiary alicyclic amines) is 1. The van der Waals surface area contributed by atoms with E-state index in [2.05, 4.69) is 0 Å². The average molecular weight is 506 g/mol. The molecular weight excluding hydrogens is 466 g/mol. The second-order valence-electron chi connectivity index (χ2n) is 10.4. The summed E-state index contributed by atoms with van der Waals surface area (Å²) in [5.41, 5.74) is 8.32. The molecule has 0 aromatic heterocycles. The van der Waals surface area contributed by atoms with Gasteiger partial charge in [-0.3, -0.25) is 15.0 Å². The molecule has 0 radical (unpaired) electrons. The van der Waals surface area contributed by atoms with E-state index >= 15 is 0 Å². The first-order valence-corrected chi connectivity index (χ1v) is 13.5. The van der Waals surface area contributed by atoms with E-state index in [9.17, 15) is 9.59 Å². The van der Waals surface area contributed by atoms with E-state index in [1.54, 1.807) is 0 Å². The molecule has 2 aliphatic rings. The summed E-state index contributed by atoms with van der Waals surface area (Å²) >= 11 is 0. The van der Waals surface area contributed by atoms with E-state index in [1.807, 2.05) is 53.4 Å². The lowest BCUT2D eigenvalue weighted by atomic mass is 9.86. The minimum Gasteiger partial charge on any atom is -0.491 e. The molecule has 0 bridgehead atoms. The van der Waals surface area contributed by atoms with E-state index in [4.69, 9.17) is 20.6 Å². The number of nitrogens with zero attached hydrogens (tertiary/aromatic N) is 1. The van der Waals surface area contributed by atoms with Gasteiger partial charge in [0, 0.05) is 12.1 Å². The van der Waals surface area contributed by atoms with Crippen LogP contribution in [0.4, 0.5) is 0 Å². The Morgan fingerprint density at radius 2 is 1.68 bits per heavy atom. The van der Waals surface area contributed by atoms with Crippen LogP contribution in [0.5, 0.6) is 5.75 Å². The summed E-state index contributed by atoms with van der Waals surface area (Å²) in [5.74, 6) is 0.953. The van der Waals surface area contributed by atoms with Crippen molar-refractivity contribution in [1.29, 1.82) is 5.41 Å². The summed E-state index contributed by atoms with van der Waals surface area (Å²) in [4.78, 5) is 27.0. The van der Waals surface area contributed by atoms with Crippen LogP contribution < -0.4 is 10.5 Å². The number of rotatable bonds is 11. The van der Waals surface area contributed by atoms with Crippen LogP contribution in [0.15, 0.2) is 48.5 Å². The van der Waals surface area contributed by atoms with Crippen molar-refractivity contribution >= 4 is 17.7 Å². The molecule has 4 rings (SSSR count). The Morgan fingerprint density at radius 3 is 2.30 bits per heavy atom. The minimum absolute atomic E-state index is 0.0481. The Hall–Kier alpha value is -3.35. The lowest BCUT2D eigenvalue weighted by Gasteiger charge is -2.27. The predicted molar refractivity (Wildman–Crippen MR) is 144 cm³/mol. The van der Waals surface area contributed by atoms with E-state index < -0.39 is 0 Å². The number of hydrogen-bond donors (Lipinski definition) is 2. The van der Waals surface area contributed by atoms with Crippen molar-refractivity contribution in [3.05, 3.63) is 54.1 Å². The molecule has 3 N–H and O–H groups in total. The van der Waals surface area contributed by atoms with Gasteiger partial charge in [0.15, 0.2) is 0 Å². The molecule has 1 aliphatic carbocycles. The first kappa shape index (κ1) is 26.7. The van der Waals surface area contributed by atoms with Crippen molar-refractivity contribution in [3.8, 4) is 16.9 Å². The van der Waals surface area contributed by atoms with Gasteiger partial charge in [-0.2, -0.15) is 0 Å². The van der Waals surface area contributed by atoms with E-state index in [1.165, 1.54) is 39.2 Å². The smallest absolute Gasteiger partial charge is 0.306 e. The number of amides is 1. The molecule has 1 aliphatic heterocycles. The SMILES string of the molecule is COC(=O)C[C@@H]1C[C@@H](COc2ccc(-c3ccc(C(=N)N)cc3)cc2)N(CCCC2CCCCC2)C1=O. The third-order valence-electron chi connectivity index (χ3n) is 7.83. The van der Waals surface area contributed by atoms with Gasteiger partial charge in [0.2, 0.25) is 5.91 Å². The maximum absolute atomic E-state index is 13.2. The number of esters is 1. The molecule has 37 heavy (non-hydrogen) atoms. The van der Waals surface area contributed by atoms with Crippen LogP contribution >= 0.6 is 0 Å². The number of nitrogens with one attached hydrogen (secondary N) is 1. The number of nitrogen functional groups attached to an aromatic ring is 1. The van der Waals surface area contributed by atoms with Gasteiger partial charge < -0.3 is 20.1 Å². The molecule has 2 atom stereocenters. The Morgan fingerprint density at radius 1 is 1.03 bits per heavy atom. The number of methoxy groups -OCH3 is 1. The third-order valence-corrected chi connectivity index (χ3v) is 7.83. The van der Waals surface area contributed by atoms with E-state index in [0.29, 0.717) is 18.6 Å². The molecule has 1 heterocycles. The molecule has 7 nitrogen and oxygen atoms in total. The normalized spacial score (nSPS) is 20.1. The summed E-state index contributed by atoms with van der Waals surface area (Å²) in [7, 11) is 1.37. The highest BCUT2D eigenvalue weighted by atomic mass is 16.5. The first-order chi connectivity index (χ1) is 17.9. The quantitative estimate of drug-likeness (QED) is 0.249. The molecule has 1 saturated carbocycles. The Labute approximate surface area is 219 Å². The van der Waals surface area contributed by atoms with Crippen molar-refractivity contribution in [2.45, 2.75) is 63.8 Å². The predicted octanol–water partition coefficient (Wildman–Crippen LogP) is 5.16. The number of nitrogens with two attached hydrogens (primary N) is 1. The molecule has 2 fully saturated rings. The highest BCUT2D eigenvalue weighted by Crippen LogP contribution is 2.31. The lowest BCUT2D eigenvalue weighted by molar-refractivity contribution is -0.144. The van der Waals surface area contributed by atoms with Gasteiger partial charge in [0.05, 0.1) is 25.5 Å². The van der Waals surface area contributed by atoms with E-state index in [0.717, 1.165) is 42.2 Å². The van der Waals surface area contributed by atoms with Crippen molar-refractivity contribution in [2.75, 3.05) is 20.3 Å². The van der Waals surface area contributed by atoms with Crippen LogP contribution in [-0.2, 0) is 14.3 Å². The van der Waals surface area contributed by atoms with Crippen molar-refractivity contribution in [3.63, 3.8) is 0 Å². The van der Waals surface area contributed by atoms with Crippen LogP contribution in [-0.4, -0.2) is 48.9 Å². The second-order valence-corrected chi connectivity index (χ2v) is 10.4. The van der Waals surface area contributed by atoms with Crippen LogP contribution in [0.1, 0.15) is 63.4 Å². The molecule has 0 unspecified atom stereocenters. The van der Waals surface area contributed by atoms with Gasteiger partial charge in [0.1, 0.15) is 18.2 Å². The zero-order valence-electron chi connectivity index (χ0n) is 21.8. The number of amidine groups is 1. The van der Waals surface area contributed by atoms with Crippen LogP contribution in [0.3, 0.4) is 0 Å². The first-order valence-electron chi connectivity index (χ1n) is 13.5. The standard InChI is InChI=1S/C30H39N3O4/c1-36-28(34)19-25-18-26(33(30(25)35)17-5-8-21-6-3-2-4-7-21)20-37-27-15-13-23(14-16-27)22-9-11-24(12-10-22)29(31)32/h9-16,21,25-26H,2-8,17-20H2,1H3,(H3,31,32)/t25-,26-/m0/s1. The third kappa shape index (κ3) is 7.12. The lowest BCUT2D eigenvalue weighted by Crippen LogP contribution is -2.38. The number of hydrogen-bond acceptors (Lipinski definition) is 5. The number of carbonyl (C=O) groups is 2. The summed E-state index contributed by atoms with van der Waals surface area (Å²) in [6.45, 7) is 1.12. The summed E-state index contributed by atoms with van der Waals surface area (Å²) in [6, 6.07) is 15.4. The van der Waals surface area contributed by atoms with E-state index in [-0.39, 0.29) is 36.1 Å². The van der Waals surface area contributed by atoms with Gasteiger partial charge in [-0.05, 0) is 48.4 Å². The topological polar surface area (TPSA) is 106 Å². The monoisotopic (exact) mass is 505 g/mol. The molecule has 2 aromatic carbocycles. The van der Waals surface area contributed by atoms with Gasteiger partial charge in [-0.1, -0.05) is 68.5 Å². The van der Waals surface area contributed by atoms with Crippen molar-refractivity contribution < 1.29 is 19.1 Å². The highest BCUT2D eigenvalue weighted by Gasteiger charge is 2.40. The average Bonchev–Trinajstić information content (AvgIpc) is 3.22. The Bertz CT molecular complexity index is 1060. The summed E-state index contributed by atoms with van der Waals surface area (Å²) in [5, 5.41) is 7.54. The zero-order valence-corrected chi connectivity index (χ0v) is 21.8. The van der Waals surface area contributed by atoms with Gasteiger partial charge in [0.25, 0.3) is 0 Å². The molecule has 198 valence electrons. The maximum Gasteiger partial charge on any atom is 0.306 e. The molecular formula is C30H39N3O4. The van der Waals surface area contributed by atoms with Crippen LogP contribution in [0.2, 0.25) is 0 Å². The molecule has 7 heteroatoms. The fourth-order valence-electron chi connectivity index (χ4n) is 5.68. The van der Waals surface area contributed by atoms with Crippen molar-refractivity contribution in [2.24, 2.45) is 17.6 Å².